The van der Waals surface area contributed by atoms with E-state index in [-0.39, 0.29) is 11.3 Å². The van der Waals surface area contributed by atoms with Crippen molar-refractivity contribution in [3.05, 3.63) is 34.3 Å². The average Bonchev–Trinajstić information content (AvgIpc) is 2.69. The fraction of sp³-hybridized carbons (Fsp3) is 0.417. The summed E-state index contributed by atoms with van der Waals surface area (Å²) in [6.45, 7) is 4.30. The lowest BCUT2D eigenvalue weighted by Gasteiger charge is -2.02. The first kappa shape index (κ1) is 9.91. The third kappa shape index (κ3) is 1.42. The topological polar surface area (TPSA) is 17.1 Å². The number of rotatable bonds is 2. The third-order valence-electron chi connectivity index (χ3n) is 3.29. The van der Waals surface area contributed by atoms with E-state index in [1.807, 2.05) is 12.1 Å². The molecule has 0 aliphatic heterocycles. The highest BCUT2D eigenvalue weighted by Crippen LogP contribution is 2.63. The minimum atomic E-state index is 0.148. The van der Waals surface area contributed by atoms with E-state index in [0.29, 0.717) is 5.92 Å². The van der Waals surface area contributed by atoms with Gasteiger partial charge in [0.15, 0.2) is 0 Å². The third-order valence-corrected chi connectivity index (χ3v) is 3.82. The Bertz CT molecular complexity index is 353. The molecule has 1 aliphatic rings. The number of aldehydes is 1. The summed E-state index contributed by atoms with van der Waals surface area (Å²) >= 11 is 3.41. The van der Waals surface area contributed by atoms with Crippen molar-refractivity contribution in [1.29, 1.82) is 0 Å². The Morgan fingerprint density at radius 3 is 2.29 bits per heavy atom. The maximum absolute atomic E-state index is 10.8. The monoisotopic (exact) mass is 252 g/mol. The van der Waals surface area contributed by atoms with E-state index in [4.69, 9.17) is 0 Å². The molecule has 0 bridgehead atoms. The van der Waals surface area contributed by atoms with E-state index < -0.39 is 0 Å². The molecule has 1 aromatic rings. The van der Waals surface area contributed by atoms with Crippen LogP contribution < -0.4 is 0 Å². The van der Waals surface area contributed by atoms with Crippen LogP contribution in [-0.2, 0) is 4.79 Å². The van der Waals surface area contributed by atoms with Crippen molar-refractivity contribution in [2.24, 2.45) is 11.3 Å². The van der Waals surface area contributed by atoms with Gasteiger partial charge in [-0.15, -0.1) is 0 Å². The van der Waals surface area contributed by atoms with Gasteiger partial charge in [-0.2, -0.15) is 0 Å². The molecule has 1 aliphatic carbocycles. The number of hydrogen-bond acceptors (Lipinski definition) is 1. The van der Waals surface area contributed by atoms with E-state index in [1.54, 1.807) is 0 Å². The molecule has 74 valence electrons. The summed E-state index contributed by atoms with van der Waals surface area (Å²) in [5.74, 6) is 0.608. The molecule has 0 heterocycles. The van der Waals surface area contributed by atoms with Crippen molar-refractivity contribution < 1.29 is 4.79 Å². The Morgan fingerprint density at radius 2 is 1.86 bits per heavy atom. The van der Waals surface area contributed by atoms with Crippen LogP contribution in [0, 0.1) is 11.3 Å². The van der Waals surface area contributed by atoms with Gasteiger partial charge >= 0.3 is 0 Å². The van der Waals surface area contributed by atoms with Gasteiger partial charge in [-0.1, -0.05) is 41.9 Å². The number of carbonyl (C=O) groups excluding carboxylic acids is 1. The van der Waals surface area contributed by atoms with Crippen LogP contribution in [-0.4, -0.2) is 6.29 Å². The zero-order chi connectivity index (χ0) is 10.3. The first-order valence-electron chi connectivity index (χ1n) is 4.78. The largest absolute Gasteiger partial charge is 0.303 e. The van der Waals surface area contributed by atoms with Crippen molar-refractivity contribution >= 4 is 22.2 Å². The van der Waals surface area contributed by atoms with Gasteiger partial charge in [-0.3, -0.25) is 0 Å². The Kier molecular flexibility index (Phi) is 2.26. The number of halogens is 1. The smallest absolute Gasteiger partial charge is 0.124 e. The van der Waals surface area contributed by atoms with Gasteiger partial charge in [0.05, 0.1) is 0 Å². The quantitative estimate of drug-likeness (QED) is 0.738. The van der Waals surface area contributed by atoms with Crippen LogP contribution in [0.2, 0.25) is 0 Å². The van der Waals surface area contributed by atoms with Crippen molar-refractivity contribution in [2.75, 3.05) is 0 Å². The fourth-order valence-corrected chi connectivity index (χ4v) is 2.50. The Labute approximate surface area is 92.6 Å². The molecule has 0 spiro atoms. The summed E-state index contributed by atoms with van der Waals surface area (Å²) in [7, 11) is 0. The molecule has 14 heavy (non-hydrogen) atoms. The van der Waals surface area contributed by atoms with Crippen LogP contribution in [0.4, 0.5) is 0 Å². The molecular weight excluding hydrogens is 240 g/mol. The van der Waals surface area contributed by atoms with Gasteiger partial charge in [0.25, 0.3) is 0 Å². The van der Waals surface area contributed by atoms with Crippen molar-refractivity contribution in [3.8, 4) is 0 Å². The molecule has 1 aromatic carbocycles. The normalized spacial score (nSPS) is 28.5. The highest BCUT2D eigenvalue weighted by molar-refractivity contribution is 9.10. The van der Waals surface area contributed by atoms with Gasteiger partial charge in [-0.25, -0.2) is 0 Å². The van der Waals surface area contributed by atoms with E-state index in [0.717, 1.165) is 10.8 Å². The predicted molar refractivity (Wildman–Crippen MR) is 60.2 cm³/mol. The highest BCUT2D eigenvalue weighted by atomic mass is 79.9. The molecule has 0 aromatic heterocycles. The fourth-order valence-electron chi connectivity index (χ4n) is 2.24. The van der Waals surface area contributed by atoms with E-state index >= 15 is 0 Å². The Hall–Kier alpha value is -0.630. The van der Waals surface area contributed by atoms with Crippen LogP contribution in [0.25, 0.3) is 0 Å². The van der Waals surface area contributed by atoms with E-state index in [9.17, 15) is 4.79 Å². The van der Waals surface area contributed by atoms with Crippen molar-refractivity contribution in [1.82, 2.24) is 0 Å². The molecule has 0 amide bonds. The van der Waals surface area contributed by atoms with Crippen LogP contribution in [0.1, 0.15) is 25.3 Å². The Balaban J connectivity index is 2.26. The molecule has 1 fully saturated rings. The first-order chi connectivity index (χ1) is 6.57. The molecule has 0 unspecified atom stereocenters. The minimum Gasteiger partial charge on any atom is -0.303 e. The molecule has 1 saturated carbocycles. The van der Waals surface area contributed by atoms with Gasteiger partial charge < -0.3 is 4.79 Å². The van der Waals surface area contributed by atoms with Gasteiger partial charge in [0.2, 0.25) is 0 Å². The van der Waals surface area contributed by atoms with Crippen LogP contribution in [0.5, 0.6) is 0 Å². The van der Waals surface area contributed by atoms with Crippen LogP contribution in [0.3, 0.4) is 0 Å². The summed E-state index contributed by atoms with van der Waals surface area (Å²) in [4.78, 5) is 10.8. The summed E-state index contributed by atoms with van der Waals surface area (Å²) in [6, 6.07) is 8.26. The summed E-state index contributed by atoms with van der Waals surface area (Å²) in [5, 5.41) is 0. The van der Waals surface area contributed by atoms with Gasteiger partial charge in [0, 0.05) is 10.4 Å². The van der Waals surface area contributed by atoms with Gasteiger partial charge in [0.1, 0.15) is 6.29 Å². The number of benzene rings is 1. The van der Waals surface area contributed by atoms with Crippen LogP contribution >= 0.6 is 15.9 Å². The maximum atomic E-state index is 10.8. The summed E-state index contributed by atoms with van der Waals surface area (Å²) < 4.78 is 1.09. The zero-order valence-electron chi connectivity index (χ0n) is 8.33. The molecule has 1 nitrogen and oxygen atoms in total. The molecule has 2 rings (SSSR count). The lowest BCUT2D eigenvalue weighted by atomic mass is 10.0. The summed E-state index contributed by atoms with van der Waals surface area (Å²) in [5.41, 5.74) is 1.42. The lowest BCUT2D eigenvalue weighted by molar-refractivity contribution is -0.109. The summed E-state index contributed by atoms with van der Waals surface area (Å²) in [6.07, 6.45) is 1.09. The average molecular weight is 253 g/mol. The lowest BCUT2D eigenvalue weighted by Crippen LogP contribution is -1.90. The SMILES string of the molecule is CC1(C)[C@@H](C=O)[C@@H]1c1ccc(Br)cc1. The van der Waals surface area contributed by atoms with E-state index in [1.165, 1.54) is 5.56 Å². The highest BCUT2D eigenvalue weighted by Gasteiger charge is 2.58. The number of hydrogen-bond donors (Lipinski definition) is 0. The minimum absolute atomic E-state index is 0.148. The van der Waals surface area contributed by atoms with Crippen molar-refractivity contribution in [3.63, 3.8) is 0 Å². The standard InChI is InChI=1S/C12H13BrO/c1-12(2)10(7-14)11(12)8-3-5-9(13)6-4-8/h3-7,10-11H,1-2H3/t10-,11-/m0/s1. The molecule has 2 heteroatoms. The second-order valence-corrected chi connectivity index (χ2v) is 5.43. The second kappa shape index (κ2) is 3.20. The van der Waals surface area contributed by atoms with Crippen molar-refractivity contribution in [2.45, 2.75) is 19.8 Å². The Morgan fingerprint density at radius 1 is 1.29 bits per heavy atom. The molecule has 0 radical (unpaired) electrons. The molecule has 0 N–H and O–H groups in total. The molecule has 0 saturated heterocycles. The second-order valence-electron chi connectivity index (χ2n) is 4.51. The van der Waals surface area contributed by atoms with E-state index in [2.05, 4.69) is 41.9 Å². The molecule has 2 atom stereocenters. The first-order valence-corrected chi connectivity index (χ1v) is 5.57. The van der Waals surface area contributed by atoms with Gasteiger partial charge in [-0.05, 0) is 29.0 Å². The number of carbonyl (C=O) groups is 1. The predicted octanol–water partition coefficient (Wildman–Crippen LogP) is 3.39. The maximum Gasteiger partial charge on any atom is 0.124 e. The van der Waals surface area contributed by atoms with Crippen LogP contribution in [0.15, 0.2) is 28.7 Å². The zero-order valence-corrected chi connectivity index (χ0v) is 9.91. The molecular formula is C12H13BrO.